The van der Waals surface area contributed by atoms with Crippen molar-refractivity contribution in [3.63, 3.8) is 0 Å². The van der Waals surface area contributed by atoms with Crippen molar-refractivity contribution in [3.05, 3.63) is 88.6 Å². The molecule has 33 heavy (non-hydrogen) atoms. The van der Waals surface area contributed by atoms with Gasteiger partial charge in [0, 0.05) is 10.6 Å². The zero-order valence-corrected chi connectivity index (χ0v) is 19.8. The molecule has 1 aliphatic heterocycles. The molecule has 174 valence electrons. The van der Waals surface area contributed by atoms with Gasteiger partial charge in [-0.3, -0.25) is 0 Å². The van der Waals surface area contributed by atoms with Gasteiger partial charge < -0.3 is 24.6 Å². The van der Waals surface area contributed by atoms with Crippen LogP contribution in [0.25, 0.3) is 0 Å². The normalized spacial score (nSPS) is 16.7. The van der Waals surface area contributed by atoms with E-state index in [0.29, 0.717) is 17.3 Å². The van der Waals surface area contributed by atoms with E-state index in [0.717, 1.165) is 16.2 Å². The van der Waals surface area contributed by atoms with Crippen LogP contribution in [0.4, 0.5) is 9.59 Å². The fraction of sp³-hybridized carbons (Fsp3) is 0.280. The lowest BCUT2D eigenvalue weighted by atomic mass is 9.90. The number of carbonyl (C=O) groups is 2. The fourth-order valence-electron chi connectivity index (χ4n) is 3.68. The van der Waals surface area contributed by atoms with E-state index in [-0.39, 0.29) is 11.5 Å². The molecular weight excluding hydrogens is 442 g/mol. The molecule has 0 amide bonds. The number of benzene rings is 2. The van der Waals surface area contributed by atoms with Crippen molar-refractivity contribution in [1.29, 1.82) is 0 Å². The van der Waals surface area contributed by atoms with Gasteiger partial charge in [0.1, 0.15) is 17.4 Å². The van der Waals surface area contributed by atoms with Crippen molar-refractivity contribution in [2.75, 3.05) is 12.9 Å². The first-order valence-electron chi connectivity index (χ1n) is 10.4. The number of nitrogens with one attached hydrogen (secondary N) is 1. The van der Waals surface area contributed by atoms with Crippen molar-refractivity contribution >= 4 is 24.1 Å². The van der Waals surface area contributed by atoms with E-state index >= 15 is 0 Å². The SMILES string of the molecule is COC(=O)OC1=C(C)NC(C)=C(OC(=O)O)C1c1ccccc1SCC(C)c1ccccc1. The second-order valence-corrected chi connectivity index (χ2v) is 8.68. The average Bonchev–Trinajstić information content (AvgIpc) is 2.81. The highest BCUT2D eigenvalue weighted by Gasteiger charge is 2.36. The lowest BCUT2D eigenvalue weighted by molar-refractivity contribution is 0.0847. The molecule has 7 nitrogen and oxygen atoms in total. The van der Waals surface area contributed by atoms with Gasteiger partial charge in [-0.15, -0.1) is 11.8 Å². The monoisotopic (exact) mass is 469 g/mol. The Morgan fingerprint density at radius 1 is 1.00 bits per heavy atom. The summed E-state index contributed by atoms with van der Waals surface area (Å²) in [6, 6.07) is 17.9. The molecule has 2 N–H and O–H groups in total. The van der Waals surface area contributed by atoms with Crippen LogP contribution in [0.3, 0.4) is 0 Å². The number of thioether (sulfide) groups is 1. The largest absolute Gasteiger partial charge is 0.513 e. The summed E-state index contributed by atoms with van der Waals surface area (Å²) in [7, 11) is 1.22. The molecule has 1 aliphatic rings. The van der Waals surface area contributed by atoms with Crippen molar-refractivity contribution in [2.24, 2.45) is 0 Å². The molecule has 0 aromatic heterocycles. The molecule has 0 aliphatic carbocycles. The van der Waals surface area contributed by atoms with Gasteiger partial charge in [-0.25, -0.2) is 9.59 Å². The lowest BCUT2D eigenvalue weighted by Gasteiger charge is -2.30. The second kappa shape index (κ2) is 11.0. The first-order chi connectivity index (χ1) is 15.8. The van der Waals surface area contributed by atoms with Gasteiger partial charge in [0.05, 0.1) is 18.5 Å². The number of ether oxygens (including phenoxy) is 3. The predicted molar refractivity (Wildman–Crippen MR) is 126 cm³/mol. The number of methoxy groups -OCH3 is 1. The standard InChI is InChI=1S/C25H27NO6S/c1-15(18-10-6-5-7-11-18)14-33-20-13-9-8-12-19(20)21-22(31-24(27)28)16(2)26-17(3)23(21)32-25(29)30-4/h5-13,15,21,26H,14H2,1-4H3,(H,27,28). The number of carbonyl (C=O) groups excluding carboxylic acids is 1. The summed E-state index contributed by atoms with van der Waals surface area (Å²) in [6.45, 7) is 5.63. The van der Waals surface area contributed by atoms with Gasteiger partial charge in [-0.05, 0) is 37.0 Å². The number of hydrogen-bond acceptors (Lipinski definition) is 7. The topological polar surface area (TPSA) is 94.1 Å². The van der Waals surface area contributed by atoms with Crippen molar-refractivity contribution < 1.29 is 28.9 Å². The molecule has 0 saturated heterocycles. The van der Waals surface area contributed by atoms with Gasteiger partial charge >= 0.3 is 12.3 Å². The highest BCUT2D eigenvalue weighted by molar-refractivity contribution is 7.99. The highest BCUT2D eigenvalue weighted by atomic mass is 32.2. The summed E-state index contributed by atoms with van der Waals surface area (Å²) in [6.07, 6.45) is -2.34. The maximum absolute atomic E-state index is 12.0. The maximum atomic E-state index is 12.0. The molecule has 2 atom stereocenters. The van der Waals surface area contributed by atoms with Crippen LogP contribution in [0.2, 0.25) is 0 Å². The molecule has 0 fully saturated rings. The minimum atomic E-state index is -1.45. The Kier molecular flexibility index (Phi) is 8.06. The van der Waals surface area contributed by atoms with E-state index in [9.17, 15) is 14.7 Å². The Morgan fingerprint density at radius 3 is 2.24 bits per heavy atom. The van der Waals surface area contributed by atoms with E-state index in [1.807, 2.05) is 42.5 Å². The van der Waals surface area contributed by atoms with Crippen LogP contribution < -0.4 is 5.32 Å². The van der Waals surface area contributed by atoms with E-state index in [1.54, 1.807) is 25.6 Å². The third kappa shape index (κ3) is 5.90. The Hall–Kier alpha value is -3.39. The summed E-state index contributed by atoms with van der Waals surface area (Å²) in [5.74, 6) is 0.744. The fourth-order valence-corrected chi connectivity index (χ4v) is 4.83. The summed E-state index contributed by atoms with van der Waals surface area (Å²) < 4.78 is 15.3. The van der Waals surface area contributed by atoms with Crippen LogP contribution in [-0.4, -0.2) is 30.3 Å². The Morgan fingerprint density at radius 2 is 1.61 bits per heavy atom. The summed E-state index contributed by atoms with van der Waals surface area (Å²) >= 11 is 1.65. The molecule has 3 rings (SSSR count). The maximum Gasteiger partial charge on any atom is 0.513 e. The van der Waals surface area contributed by atoms with E-state index in [2.05, 4.69) is 29.1 Å². The van der Waals surface area contributed by atoms with Crippen LogP contribution in [0.1, 0.15) is 43.7 Å². The smallest absolute Gasteiger partial charge is 0.449 e. The van der Waals surface area contributed by atoms with Crippen molar-refractivity contribution in [2.45, 2.75) is 37.5 Å². The summed E-state index contributed by atoms with van der Waals surface area (Å²) in [4.78, 5) is 24.4. The molecule has 0 radical (unpaired) electrons. The van der Waals surface area contributed by atoms with Gasteiger partial charge in [0.2, 0.25) is 0 Å². The van der Waals surface area contributed by atoms with Crippen LogP contribution in [-0.2, 0) is 14.2 Å². The van der Waals surface area contributed by atoms with Gasteiger partial charge in [0.25, 0.3) is 0 Å². The number of rotatable bonds is 7. The predicted octanol–water partition coefficient (Wildman–Crippen LogP) is 6.21. The van der Waals surface area contributed by atoms with Crippen LogP contribution in [0.15, 0.2) is 82.4 Å². The van der Waals surface area contributed by atoms with Crippen LogP contribution in [0, 0.1) is 0 Å². The minimum Gasteiger partial charge on any atom is -0.449 e. The molecule has 2 aromatic carbocycles. The minimum absolute atomic E-state index is 0.149. The summed E-state index contributed by atoms with van der Waals surface area (Å²) in [5.41, 5.74) is 3.10. The molecule has 0 spiro atoms. The van der Waals surface area contributed by atoms with E-state index in [4.69, 9.17) is 9.47 Å². The third-order valence-electron chi connectivity index (χ3n) is 5.28. The Balaban J connectivity index is 2.00. The Bertz CT molecular complexity index is 1080. The van der Waals surface area contributed by atoms with Gasteiger partial charge in [0.15, 0.2) is 0 Å². The molecule has 1 heterocycles. The van der Waals surface area contributed by atoms with E-state index < -0.39 is 18.2 Å². The molecule has 8 heteroatoms. The Labute approximate surface area is 197 Å². The average molecular weight is 470 g/mol. The van der Waals surface area contributed by atoms with Gasteiger partial charge in [-0.1, -0.05) is 55.5 Å². The van der Waals surface area contributed by atoms with Crippen molar-refractivity contribution in [1.82, 2.24) is 5.32 Å². The zero-order valence-electron chi connectivity index (χ0n) is 19.0. The number of allylic oxidation sites excluding steroid dienone is 2. The quantitative estimate of drug-likeness (QED) is 0.365. The lowest BCUT2D eigenvalue weighted by Crippen LogP contribution is -2.29. The first kappa shape index (κ1) is 24.3. The highest BCUT2D eigenvalue weighted by Crippen LogP contribution is 2.43. The summed E-state index contributed by atoms with van der Waals surface area (Å²) in [5, 5.41) is 12.4. The van der Waals surface area contributed by atoms with Crippen LogP contribution in [0.5, 0.6) is 0 Å². The van der Waals surface area contributed by atoms with Crippen LogP contribution >= 0.6 is 11.8 Å². The molecule has 0 bridgehead atoms. The molecular formula is C25H27NO6S. The molecule has 2 aromatic rings. The number of dihydropyridines is 1. The third-order valence-corrected chi connectivity index (χ3v) is 6.63. The zero-order chi connectivity index (χ0) is 24.0. The number of carboxylic acid groups (broad SMARTS) is 1. The first-order valence-corrected chi connectivity index (χ1v) is 11.4. The molecule has 0 saturated carbocycles. The molecule has 2 unspecified atom stereocenters. The number of hydrogen-bond donors (Lipinski definition) is 2. The van der Waals surface area contributed by atoms with Crippen molar-refractivity contribution in [3.8, 4) is 0 Å². The van der Waals surface area contributed by atoms with Gasteiger partial charge in [-0.2, -0.15) is 0 Å². The second-order valence-electron chi connectivity index (χ2n) is 7.62. The van der Waals surface area contributed by atoms with E-state index in [1.165, 1.54) is 12.7 Å².